The molecular formula is C13H20O3S2. The summed E-state index contributed by atoms with van der Waals surface area (Å²) >= 11 is 4.64. The first-order chi connectivity index (χ1) is 8.58. The summed E-state index contributed by atoms with van der Waals surface area (Å²) in [6.07, 6.45) is 4.29. The lowest BCUT2D eigenvalue weighted by molar-refractivity contribution is 0.116. The van der Waals surface area contributed by atoms with E-state index in [4.69, 9.17) is 8.92 Å². The molecule has 0 saturated carbocycles. The quantitative estimate of drug-likeness (QED) is 0.655. The highest BCUT2D eigenvalue weighted by atomic mass is 32.8. The Bertz CT molecular complexity index is 415. The lowest BCUT2D eigenvalue weighted by Crippen LogP contribution is -2.03. The Morgan fingerprint density at radius 3 is 2.44 bits per heavy atom. The minimum atomic E-state index is -2.46. The average molecular weight is 288 g/mol. The molecule has 0 aliphatic heterocycles. The Morgan fingerprint density at radius 2 is 1.78 bits per heavy atom. The molecule has 18 heavy (non-hydrogen) atoms. The van der Waals surface area contributed by atoms with Gasteiger partial charge in [-0.3, -0.25) is 4.18 Å². The van der Waals surface area contributed by atoms with Crippen LogP contribution in [-0.2, 0) is 35.5 Å². The number of ether oxygens (including phenoxy) is 1. The SMILES string of the molecule is CS(=O)(=S)OCCCCCOCc1ccccc1. The molecular weight excluding hydrogens is 268 g/mol. The van der Waals surface area contributed by atoms with Crippen molar-refractivity contribution >= 4 is 20.0 Å². The Balaban J connectivity index is 1.93. The zero-order chi connectivity index (χ0) is 13.3. The molecule has 0 spiro atoms. The van der Waals surface area contributed by atoms with Crippen molar-refractivity contribution in [2.45, 2.75) is 25.9 Å². The van der Waals surface area contributed by atoms with Crippen molar-refractivity contribution in [3.8, 4) is 0 Å². The van der Waals surface area contributed by atoms with Gasteiger partial charge in [0.2, 0.25) is 0 Å². The molecule has 1 unspecified atom stereocenters. The van der Waals surface area contributed by atoms with E-state index < -0.39 is 8.77 Å². The summed E-state index contributed by atoms with van der Waals surface area (Å²) in [5.74, 6) is 0. The molecule has 0 bridgehead atoms. The van der Waals surface area contributed by atoms with Crippen LogP contribution in [0.5, 0.6) is 0 Å². The predicted molar refractivity (Wildman–Crippen MR) is 77.3 cm³/mol. The van der Waals surface area contributed by atoms with Crippen molar-refractivity contribution in [2.24, 2.45) is 0 Å². The second-order valence-corrected chi connectivity index (χ2v) is 7.59. The number of hydrogen-bond acceptors (Lipinski definition) is 4. The highest BCUT2D eigenvalue weighted by Gasteiger charge is 1.97. The summed E-state index contributed by atoms with van der Waals surface area (Å²) in [7, 11) is -2.46. The van der Waals surface area contributed by atoms with Gasteiger partial charge in [-0.25, -0.2) is 4.21 Å². The third kappa shape index (κ3) is 8.58. The van der Waals surface area contributed by atoms with E-state index >= 15 is 0 Å². The first-order valence-electron chi connectivity index (χ1n) is 6.04. The van der Waals surface area contributed by atoms with E-state index in [0.29, 0.717) is 13.2 Å². The van der Waals surface area contributed by atoms with Crippen molar-refractivity contribution in [2.75, 3.05) is 19.5 Å². The zero-order valence-corrected chi connectivity index (χ0v) is 12.3. The third-order valence-corrected chi connectivity index (χ3v) is 3.23. The van der Waals surface area contributed by atoms with Crippen LogP contribution in [0, 0.1) is 0 Å². The summed E-state index contributed by atoms with van der Waals surface area (Å²) in [6, 6.07) is 10.1. The molecule has 0 heterocycles. The third-order valence-electron chi connectivity index (χ3n) is 2.34. The number of benzene rings is 1. The largest absolute Gasteiger partial charge is 0.377 e. The fourth-order valence-electron chi connectivity index (χ4n) is 1.46. The molecule has 0 amide bonds. The van der Waals surface area contributed by atoms with Crippen molar-refractivity contribution < 1.29 is 13.1 Å². The first-order valence-corrected chi connectivity index (χ1v) is 8.86. The topological polar surface area (TPSA) is 35.5 Å². The van der Waals surface area contributed by atoms with Gasteiger partial charge >= 0.3 is 0 Å². The Labute approximate surface area is 114 Å². The van der Waals surface area contributed by atoms with Crippen LogP contribution >= 0.6 is 0 Å². The lowest BCUT2D eigenvalue weighted by Gasteiger charge is -2.05. The molecule has 3 nitrogen and oxygen atoms in total. The minimum Gasteiger partial charge on any atom is -0.377 e. The number of unbranched alkanes of at least 4 members (excludes halogenated alkanes) is 2. The van der Waals surface area contributed by atoms with Crippen LogP contribution < -0.4 is 0 Å². The van der Waals surface area contributed by atoms with Crippen LogP contribution in [0.4, 0.5) is 0 Å². The molecule has 0 aromatic heterocycles. The maximum Gasteiger partial charge on any atom is 0.141 e. The van der Waals surface area contributed by atoms with Crippen LogP contribution in [0.15, 0.2) is 30.3 Å². The molecule has 1 aromatic carbocycles. The van der Waals surface area contributed by atoms with Crippen molar-refractivity contribution in [1.82, 2.24) is 0 Å². The molecule has 102 valence electrons. The molecule has 5 heteroatoms. The van der Waals surface area contributed by atoms with E-state index in [-0.39, 0.29) is 0 Å². The van der Waals surface area contributed by atoms with Crippen LogP contribution in [0.3, 0.4) is 0 Å². The Kier molecular flexibility index (Phi) is 7.42. The summed E-state index contributed by atoms with van der Waals surface area (Å²) in [5, 5.41) is 0. The average Bonchev–Trinajstić information content (AvgIpc) is 2.32. The molecule has 1 atom stereocenters. The van der Waals surface area contributed by atoms with Crippen molar-refractivity contribution in [3.63, 3.8) is 0 Å². The van der Waals surface area contributed by atoms with E-state index in [2.05, 4.69) is 23.3 Å². The fourth-order valence-corrected chi connectivity index (χ4v) is 2.08. The van der Waals surface area contributed by atoms with Crippen molar-refractivity contribution in [1.29, 1.82) is 0 Å². The van der Waals surface area contributed by atoms with E-state index in [1.54, 1.807) is 0 Å². The number of hydrogen-bond donors (Lipinski definition) is 0. The highest BCUT2D eigenvalue weighted by molar-refractivity contribution is 8.29. The monoisotopic (exact) mass is 288 g/mol. The Hall–Kier alpha value is -0.490. The maximum absolute atomic E-state index is 11.0. The molecule has 1 aromatic rings. The lowest BCUT2D eigenvalue weighted by atomic mass is 10.2. The minimum absolute atomic E-state index is 0.470. The molecule has 0 aliphatic rings. The van der Waals surface area contributed by atoms with Gasteiger partial charge in [-0.2, -0.15) is 0 Å². The molecule has 0 fully saturated rings. The molecule has 0 aliphatic carbocycles. The van der Waals surface area contributed by atoms with Gasteiger partial charge in [0, 0.05) is 24.1 Å². The second-order valence-electron chi connectivity index (χ2n) is 4.12. The summed E-state index contributed by atoms with van der Waals surface area (Å²) in [5.41, 5.74) is 1.19. The number of rotatable bonds is 9. The molecule has 0 radical (unpaired) electrons. The standard InChI is InChI=1S/C13H20O3S2/c1-18(14,17)16-11-7-3-6-10-15-12-13-8-4-2-5-9-13/h2,4-5,8-9H,3,6-7,10-12H2,1H3. The molecule has 0 saturated heterocycles. The first kappa shape index (κ1) is 15.6. The summed E-state index contributed by atoms with van der Waals surface area (Å²) in [6.45, 7) is 1.87. The van der Waals surface area contributed by atoms with E-state index in [9.17, 15) is 4.21 Å². The van der Waals surface area contributed by atoms with Gasteiger partial charge in [0.05, 0.1) is 13.2 Å². The maximum atomic E-state index is 11.0. The van der Waals surface area contributed by atoms with Crippen LogP contribution in [-0.4, -0.2) is 23.7 Å². The van der Waals surface area contributed by atoms with Crippen LogP contribution in [0.1, 0.15) is 24.8 Å². The van der Waals surface area contributed by atoms with Gasteiger partial charge < -0.3 is 4.74 Å². The molecule has 1 rings (SSSR count). The van der Waals surface area contributed by atoms with Gasteiger partial charge in [0.1, 0.15) is 8.77 Å². The van der Waals surface area contributed by atoms with Gasteiger partial charge in [0.15, 0.2) is 0 Å². The zero-order valence-electron chi connectivity index (χ0n) is 10.7. The highest BCUT2D eigenvalue weighted by Crippen LogP contribution is 2.03. The van der Waals surface area contributed by atoms with E-state index in [1.807, 2.05) is 18.2 Å². The van der Waals surface area contributed by atoms with E-state index in [0.717, 1.165) is 25.9 Å². The van der Waals surface area contributed by atoms with Crippen LogP contribution in [0.25, 0.3) is 0 Å². The summed E-state index contributed by atoms with van der Waals surface area (Å²) < 4.78 is 21.6. The van der Waals surface area contributed by atoms with E-state index in [1.165, 1.54) is 11.8 Å². The second kappa shape index (κ2) is 8.58. The normalized spacial score (nSPS) is 14.3. The smallest absolute Gasteiger partial charge is 0.141 e. The van der Waals surface area contributed by atoms with Gasteiger partial charge in [-0.05, 0) is 24.8 Å². The fraction of sp³-hybridized carbons (Fsp3) is 0.538. The van der Waals surface area contributed by atoms with Gasteiger partial charge in [-0.1, -0.05) is 30.3 Å². The predicted octanol–water partition coefficient (Wildman–Crippen LogP) is 2.68. The Morgan fingerprint density at radius 1 is 1.11 bits per heavy atom. The van der Waals surface area contributed by atoms with Crippen LogP contribution in [0.2, 0.25) is 0 Å². The van der Waals surface area contributed by atoms with Gasteiger partial charge in [-0.15, -0.1) is 0 Å². The summed E-state index contributed by atoms with van der Waals surface area (Å²) in [4.78, 5) is 0. The molecule has 0 N–H and O–H groups in total. The van der Waals surface area contributed by atoms with Gasteiger partial charge in [0.25, 0.3) is 0 Å². The van der Waals surface area contributed by atoms with Crippen molar-refractivity contribution in [3.05, 3.63) is 35.9 Å².